The quantitative estimate of drug-likeness (QED) is 0.753. The van der Waals surface area contributed by atoms with Gasteiger partial charge in [0.2, 0.25) is 0 Å². The molecule has 0 bridgehead atoms. The average Bonchev–Trinajstić information content (AvgIpc) is 2.69. The van der Waals surface area contributed by atoms with E-state index in [2.05, 4.69) is 36.8 Å². The molecule has 84 valence electrons. The van der Waals surface area contributed by atoms with Crippen molar-refractivity contribution < 1.29 is 0 Å². The van der Waals surface area contributed by atoms with Gasteiger partial charge in [-0.25, -0.2) is 0 Å². The highest BCUT2D eigenvalue weighted by Gasteiger charge is 2.14. The van der Waals surface area contributed by atoms with Gasteiger partial charge in [0.1, 0.15) is 0 Å². The van der Waals surface area contributed by atoms with Gasteiger partial charge in [-0.05, 0) is 25.3 Å². The van der Waals surface area contributed by atoms with Gasteiger partial charge in [-0.2, -0.15) is 0 Å². The van der Waals surface area contributed by atoms with E-state index >= 15 is 0 Å². The number of rotatable bonds is 6. The van der Waals surface area contributed by atoms with Gasteiger partial charge in [0.15, 0.2) is 0 Å². The van der Waals surface area contributed by atoms with Gasteiger partial charge < -0.3 is 5.73 Å². The summed E-state index contributed by atoms with van der Waals surface area (Å²) in [6.45, 7) is 9.94. The smallest absolute Gasteiger partial charge is 0.0519 e. The lowest BCUT2D eigenvalue weighted by molar-refractivity contribution is 0.232. The lowest BCUT2D eigenvalue weighted by Crippen LogP contribution is -2.37. The van der Waals surface area contributed by atoms with Crippen LogP contribution >= 0.6 is 11.3 Å². The molecule has 0 radical (unpaired) electrons. The summed E-state index contributed by atoms with van der Waals surface area (Å²) >= 11 is 1.73. The fraction of sp³-hybridized carbons (Fsp3) is 0.500. The molecule has 1 heterocycles. The van der Waals surface area contributed by atoms with E-state index < -0.39 is 0 Å². The molecule has 2 N–H and O–H groups in total. The standard InChI is InChI=1S/C12H20N2S/c1-4-7-14(10(2)3)9-11(13)12-6-5-8-15-12/h4-6,8,10-11H,1,7,9,13H2,2-3H3. The maximum Gasteiger partial charge on any atom is 0.0519 e. The first kappa shape index (κ1) is 12.4. The molecule has 1 unspecified atom stereocenters. The van der Waals surface area contributed by atoms with E-state index in [4.69, 9.17) is 5.73 Å². The van der Waals surface area contributed by atoms with Crippen LogP contribution in [0.25, 0.3) is 0 Å². The zero-order valence-electron chi connectivity index (χ0n) is 9.52. The van der Waals surface area contributed by atoms with E-state index in [1.165, 1.54) is 4.88 Å². The van der Waals surface area contributed by atoms with Crippen LogP contribution in [-0.2, 0) is 0 Å². The van der Waals surface area contributed by atoms with Crippen molar-refractivity contribution in [3.8, 4) is 0 Å². The Hall–Kier alpha value is -0.640. The normalized spacial score (nSPS) is 13.4. The first-order chi connectivity index (χ1) is 7.15. The molecule has 3 heteroatoms. The Labute approximate surface area is 96.4 Å². The Bertz CT molecular complexity index is 280. The molecule has 0 fully saturated rings. The summed E-state index contributed by atoms with van der Waals surface area (Å²) in [6, 6.07) is 4.77. The van der Waals surface area contributed by atoms with E-state index in [1.807, 2.05) is 12.1 Å². The molecule has 0 aliphatic heterocycles. The van der Waals surface area contributed by atoms with Gasteiger partial charge >= 0.3 is 0 Å². The van der Waals surface area contributed by atoms with Gasteiger partial charge in [-0.15, -0.1) is 17.9 Å². The number of nitrogens with two attached hydrogens (primary N) is 1. The van der Waals surface area contributed by atoms with Crippen molar-refractivity contribution in [2.75, 3.05) is 13.1 Å². The molecule has 0 amide bonds. The maximum atomic E-state index is 6.14. The number of hydrogen-bond donors (Lipinski definition) is 1. The second kappa shape index (κ2) is 6.05. The van der Waals surface area contributed by atoms with Crippen LogP contribution in [0.3, 0.4) is 0 Å². The minimum atomic E-state index is 0.118. The SMILES string of the molecule is C=CCN(CC(N)c1cccs1)C(C)C. The summed E-state index contributed by atoms with van der Waals surface area (Å²) in [5.41, 5.74) is 6.14. The highest BCUT2D eigenvalue weighted by atomic mass is 32.1. The lowest BCUT2D eigenvalue weighted by atomic mass is 10.2. The first-order valence-corrected chi connectivity index (χ1v) is 6.17. The molecule has 1 aromatic rings. The van der Waals surface area contributed by atoms with E-state index in [0.717, 1.165) is 13.1 Å². The van der Waals surface area contributed by atoms with Crippen LogP contribution in [0.5, 0.6) is 0 Å². The summed E-state index contributed by atoms with van der Waals surface area (Å²) in [4.78, 5) is 3.59. The maximum absolute atomic E-state index is 6.14. The zero-order chi connectivity index (χ0) is 11.3. The molecule has 0 aromatic carbocycles. The van der Waals surface area contributed by atoms with E-state index in [-0.39, 0.29) is 6.04 Å². The fourth-order valence-electron chi connectivity index (χ4n) is 1.51. The number of hydrogen-bond acceptors (Lipinski definition) is 3. The molecule has 0 saturated carbocycles. The van der Waals surface area contributed by atoms with Crippen LogP contribution in [0.1, 0.15) is 24.8 Å². The van der Waals surface area contributed by atoms with Crippen molar-refractivity contribution in [2.24, 2.45) is 5.73 Å². The van der Waals surface area contributed by atoms with Crippen molar-refractivity contribution in [3.63, 3.8) is 0 Å². The molecular weight excluding hydrogens is 204 g/mol. The van der Waals surface area contributed by atoms with E-state index in [9.17, 15) is 0 Å². The summed E-state index contributed by atoms with van der Waals surface area (Å²) < 4.78 is 0. The minimum Gasteiger partial charge on any atom is -0.322 e. The van der Waals surface area contributed by atoms with Crippen molar-refractivity contribution in [1.82, 2.24) is 4.90 Å². The van der Waals surface area contributed by atoms with Crippen molar-refractivity contribution >= 4 is 11.3 Å². The predicted octanol–water partition coefficient (Wildman–Crippen LogP) is 2.64. The van der Waals surface area contributed by atoms with Gasteiger partial charge in [-0.1, -0.05) is 12.1 Å². The van der Waals surface area contributed by atoms with Crippen molar-refractivity contribution in [2.45, 2.75) is 25.9 Å². The summed E-state index contributed by atoms with van der Waals surface area (Å²) in [7, 11) is 0. The lowest BCUT2D eigenvalue weighted by Gasteiger charge is -2.27. The predicted molar refractivity (Wildman–Crippen MR) is 68.2 cm³/mol. The van der Waals surface area contributed by atoms with Gasteiger partial charge in [-0.3, -0.25) is 4.90 Å². The Morgan fingerprint density at radius 3 is 2.80 bits per heavy atom. The monoisotopic (exact) mass is 224 g/mol. The van der Waals surface area contributed by atoms with Crippen LogP contribution in [-0.4, -0.2) is 24.0 Å². The van der Waals surface area contributed by atoms with Crippen LogP contribution in [0, 0.1) is 0 Å². The molecule has 2 nitrogen and oxygen atoms in total. The first-order valence-electron chi connectivity index (χ1n) is 5.29. The van der Waals surface area contributed by atoms with Crippen LogP contribution in [0.4, 0.5) is 0 Å². The Morgan fingerprint density at radius 1 is 1.60 bits per heavy atom. The van der Waals surface area contributed by atoms with Crippen LogP contribution in [0.15, 0.2) is 30.2 Å². The molecule has 1 rings (SSSR count). The topological polar surface area (TPSA) is 29.3 Å². The minimum absolute atomic E-state index is 0.118. The van der Waals surface area contributed by atoms with Gasteiger partial charge in [0.25, 0.3) is 0 Å². The Morgan fingerprint density at radius 2 is 2.33 bits per heavy atom. The highest BCUT2D eigenvalue weighted by Crippen LogP contribution is 2.18. The molecule has 1 aromatic heterocycles. The summed E-state index contributed by atoms with van der Waals surface area (Å²) in [5.74, 6) is 0. The largest absolute Gasteiger partial charge is 0.322 e. The molecule has 1 atom stereocenters. The fourth-order valence-corrected chi connectivity index (χ4v) is 2.23. The summed E-state index contributed by atoms with van der Waals surface area (Å²) in [6.07, 6.45) is 1.93. The number of nitrogens with zero attached hydrogens (tertiary/aromatic N) is 1. The Kier molecular flexibility index (Phi) is 5.02. The van der Waals surface area contributed by atoms with Gasteiger partial charge in [0, 0.05) is 24.0 Å². The van der Waals surface area contributed by atoms with Crippen molar-refractivity contribution in [1.29, 1.82) is 0 Å². The Balaban J connectivity index is 2.54. The second-order valence-electron chi connectivity index (χ2n) is 3.96. The third kappa shape index (κ3) is 3.78. The number of thiophene rings is 1. The highest BCUT2D eigenvalue weighted by molar-refractivity contribution is 7.10. The third-order valence-corrected chi connectivity index (χ3v) is 3.44. The van der Waals surface area contributed by atoms with E-state index in [0.29, 0.717) is 6.04 Å². The molecule has 0 saturated heterocycles. The van der Waals surface area contributed by atoms with Gasteiger partial charge in [0.05, 0.1) is 6.04 Å². The third-order valence-electron chi connectivity index (χ3n) is 2.43. The second-order valence-corrected chi connectivity index (χ2v) is 4.94. The molecular formula is C12H20N2S. The van der Waals surface area contributed by atoms with E-state index in [1.54, 1.807) is 11.3 Å². The van der Waals surface area contributed by atoms with Crippen LogP contribution < -0.4 is 5.73 Å². The van der Waals surface area contributed by atoms with Crippen molar-refractivity contribution in [3.05, 3.63) is 35.0 Å². The molecule has 15 heavy (non-hydrogen) atoms. The molecule has 0 aliphatic rings. The van der Waals surface area contributed by atoms with Crippen LogP contribution in [0.2, 0.25) is 0 Å². The zero-order valence-corrected chi connectivity index (χ0v) is 10.3. The molecule has 0 spiro atoms. The molecule has 0 aliphatic carbocycles. The average molecular weight is 224 g/mol. The summed E-state index contributed by atoms with van der Waals surface area (Å²) in [5, 5.41) is 2.07.